The number of hydrogen-bond acceptors (Lipinski definition) is 2. The molecule has 1 heterocycles. The van der Waals surface area contributed by atoms with Crippen molar-refractivity contribution in [1.82, 2.24) is 5.32 Å². The van der Waals surface area contributed by atoms with Crippen molar-refractivity contribution >= 4 is 0 Å². The average Bonchev–Trinajstić information content (AvgIpc) is 2.41. The second-order valence-electron chi connectivity index (χ2n) is 4.83. The fraction of sp³-hybridized carbons (Fsp3) is 0.600. The van der Waals surface area contributed by atoms with Crippen LogP contribution in [0.1, 0.15) is 37.3 Å². The summed E-state index contributed by atoms with van der Waals surface area (Å²) in [5, 5.41) is 3.50. The Bertz CT molecular complexity index is 314. The Balaban J connectivity index is 1.69. The van der Waals surface area contributed by atoms with Crippen LogP contribution in [0.4, 0.5) is 0 Å². The third kappa shape index (κ3) is 4.14. The van der Waals surface area contributed by atoms with E-state index in [0.29, 0.717) is 6.04 Å². The summed E-state index contributed by atoms with van der Waals surface area (Å²) < 4.78 is 5.77. The summed E-state index contributed by atoms with van der Waals surface area (Å²) in [6.45, 7) is 4.91. The lowest BCUT2D eigenvalue weighted by atomic mass is 10.1. The molecule has 1 aliphatic heterocycles. The molecule has 0 bridgehead atoms. The molecule has 1 fully saturated rings. The molecule has 0 amide bonds. The SMILES string of the molecule is CCc1ccc(COCC2CCCCN2)cc1. The highest BCUT2D eigenvalue weighted by atomic mass is 16.5. The first-order valence-corrected chi connectivity index (χ1v) is 6.77. The summed E-state index contributed by atoms with van der Waals surface area (Å²) in [6, 6.07) is 9.30. The Morgan fingerprint density at radius 1 is 1.18 bits per heavy atom. The molecule has 0 saturated carbocycles. The van der Waals surface area contributed by atoms with Gasteiger partial charge in [0.15, 0.2) is 0 Å². The molecule has 1 unspecified atom stereocenters. The van der Waals surface area contributed by atoms with Crippen LogP contribution in [0, 0.1) is 0 Å². The van der Waals surface area contributed by atoms with Gasteiger partial charge in [-0.25, -0.2) is 0 Å². The minimum absolute atomic E-state index is 0.568. The van der Waals surface area contributed by atoms with Crippen LogP contribution in [0.3, 0.4) is 0 Å². The first-order valence-electron chi connectivity index (χ1n) is 6.77. The van der Waals surface area contributed by atoms with E-state index in [0.717, 1.165) is 26.2 Å². The molecule has 0 spiro atoms. The van der Waals surface area contributed by atoms with E-state index in [9.17, 15) is 0 Å². The van der Waals surface area contributed by atoms with Gasteiger partial charge in [0.1, 0.15) is 0 Å². The smallest absolute Gasteiger partial charge is 0.0717 e. The van der Waals surface area contributed by atoms with Gasteiger partial charge in [0.25, 0.3) is 0 Å². The molecule has 0 aliphatic carbocycles. The van der Waals surface area contributed by atoms with E-state index in [1.807, 2.05) is 0 Å². The van der Waals surface area contributed by atoms with Gasteiger partial charge < -0.3 is 10.1 Å². The van der Waals surface area contributed by atoms with Gasteiger partial charge in [-0.2, -0.15) is 0 Å². The number of aryl methyl sites for hydroxylation is 1. The van der Waals surface area contributed by atoms with Crippen molar-refractivity contribution in [3.8, 4) is 0 Å². The predicted octanol–water partition coefficient (Wildman–Crippen LogP) is 2.91. The Morgan fingerprint density at radius 2 is 1.94 bits per heavy atom. The van der Waals surface area contributed by atoms with Crippen molar-refractivity contribution in [3.05, 3.63) is 35.4 Å². The molecular formula is C15H23NO. The van der Waals surface area contributed by atoms with E-state index in [-0.39, 0.29) is 0 Å². The lowest BCUT2D eigenvalue weighted by Crippen LogP contribution is -2.37. The van der Waals surface area contributed by atoms with Gasteiger partial charge in [-0.15, -0.1) is 0 Å². The maximum atomic E-state index is 5.77. The van der Waals surface area contributed by atoms with Gasteiger partial charge in [0, 0.05) is 6.04 Å². The number of rotatable bonds is 5. The molecule has 2 heteroatoms. The van der Waals surface area contributed by atoms with E-state index in [2.05, 4.69) is 36.5 Å². The van der Waals surface area contributed by atoms with Gasteiger partial charge >= 0.3 is 0 Å². The molecule has 17 heavy (non-hydrogen) atoms. The maximum absolute atomic E-state index is 5.77. The van der Waals surface area contributed by atoms with Gasteiger partial charge in [-0.3, -0.25) is 0 Å². The highest BCUT2D eigenvalue weighted by Crippen LogP contribution is 2.09. The van der Waals surface area contributed by atoms with E-state index < -0.39 is 0 Å². The standard InChI is InChI=1S/C15H23NO/c1-2-13-6-8-14(9-7-13)11-17-12-15-5-3-4-10-16-15/h6-9,15-16H,2-5,10-12H2,1H3. The summed E-state index contributed by atoms with van der Waals surface area (Å²) >= 11 is 0. The molecule has 1 aromatic rings. The molecule has 0 radical (unpaired) electrons. The second kappa shape index (κ2) is 6.77. The molecule has 94 valence electrons. The summed E-state index contributed by atoms with van der Waals surface area (Å²) in [5.74, 6) is 0. The van der Waals surface area contributed by atoms with E-state index in [1.54, 1.807) is 0 Å². The zero-order valence-corrected chi connectivity index (χ0v) is 10.7. The molecular weight excluding hydrogens is 210 g/mol. The zero-order valence-electron chi connectivity index (χ0n) is 10.7. The second-order valence-corrected chi connectivity index (χ2v) is 4.83. The van der Waals surface area contributed by atoms with Crippen molar-refractivity contribution in [2.45, 2.75) is 45.3 Å². The number of benzene rings is 1. The highest BCUT2D eigenvalue weighted by Gasteiger charge is 2.11. The van der Waals surface area contributed by atoms with Crippen LogP contribution in [0.15, 0.2) is 24.3 Å². The quantitative estimate of drug-likeness (QED) is 0.844. The van der Waals surface area contributed by atoms with E-state index >= 15 is 0 Å². The minimum atomic E-state index is 0.568. The first kappa shape index (κ1) is 12.6. The predicted molar refractivity (Wildman–Crippen MR) is 71.1 cm³/mol. The fourth-order valence-electron chi connectivity index (χ4n) is 2.26. The largest absolute Gasteiger partial charge is 0.375 e. The monoisotopic (exact) mass is 233 g/mol. The Morgan fingerprint density at radius 3 is 2.59 bits per heavy atom. The van der Waals surface area contributed by atoms with Crippen LogP contribution in [0.2, 0.25) is 0 Å². The van der Waals surface area contributed by atoms with Crippen molar-refractivity contribution in [2.24, 2.45) is 0 Å². The Kier molecular flexibility index (Phi) is 5.02. The molecule has 1 aliphatic rings. The van der Waals surface area contributed by atoms with Gasteiger partial charge in [-0.05, 0) is 36.9 Å². The lowest BCUT2D eigenvalue weighted by Gasteiger charge is -2.23. The molecule has 2 rings (SSSR count). The van der Waals surface area contributed by atoms with Gasteiger partial charge in [-0.1, -0.05) is 37.6 Å². The highest BCUT2D eigenvalue weighted by molar-refractivity contribution is 5.21. The van der Waals surface area contributed by atoms with Crippen molar-refractivity contribution in [1.29, 1.82) is 0 Å². The van der Waals surface area contributed by atoms with Crippen LogP contribution in [-0.4, -0.2) is 19.2 Å². The number of ether oxygens (including phenoxy) is 1. The van der Waals surface area contributed by atoms with Crippen LogP contribution < -0.4 is 5.32 Å². The van der Waals surface area contributed by atoms with Gasteiger partial charge in [0.05, 0.1) is 13.2 Å². The molecule has 0 aromatic heterocycles. The molecule has 2 nitrogen and oxygen atoms in total. The normalized spacial score (nSPS) is 20.4. The maximum Gasteiger partial charge on any atom is 0.0717 e. The minimum Gasteiger partial charge on any atom is -0.375 e. The molecule has 1 aromatic carbocycles. The lowest BCUT2D eigenvalue weighted by molar-refractivity contribution is 0.0911. The Hall–Kier alpha value is -0.860. The third-order valence-electron chi connectivity index (χ3n) is 3.43. The Labute approximate surface area is 104 Å². The van der Waals surface area contributed by atoms with Crippen LogP contribution in [-0.2, 0) is 17.8 Å². The van der Waals surface area contributed by atoms with Crippen molar-refractivity contribution < 1.29 is 4.74 Å². The van der Waals surface area contributed by atoms with E-state index in [4.69, 9.17) is 4.74 Å². The van der Waals surface area contributed by atoms with Crippen LogP contribution in [0.25, 0.3) is 0 Å². The summed E-state index contributed by atoms with van der Waals surface area (Å²) in [5.41, 5.74) is 2.67. The number of nitrogens with one attached hydrogen (secondary N) is 1. The molecule has 1 N–H and O–H groups in total. The summed E-state index contributed by atoms with van der Waals surface area (Å²) in [7, 11) is 0. The number of hydrogen-bond donors (Lipinski definition) is 1. The van der Waals surface area contributed by atoms with Crippen molar-refractivity contribution in [2.75, 3.05) is 13.2 Å². The molecule has 1 saturated heterocycles. The molecule has 1 atom stereocenters. The van der Waals surface area contributed by atoms with Crippen molar-refractivity contribution in [3.63, 3.8) is 0 Å². The fourth-order valence-corrected chi connectivity index (χ4v) is 2.26. The topological polar surface area (TPSA) is 21.3 Å². The van der Waals surface area contributed by atoms with E-state index in [1.165, 1.54) is 30.4 Å². The third-order valence-corrected chi connectivity index (χ3v) is 3.43. The first-order chi connectivity index (χ1) is 8.38. The van der Waals surface area contributed by atoms with Gasteiger partial charge in [0.2, 0.25) is 0 Å². The van der Waals surface area contributed by atoms with Crippen LogP contribution in [0.5, 0.6) is 0 Å². The number of piperidine rings is 1. The average molecular weight is 233 g/mol. The zero-order chi connectivity index (χ0) is 11.9. The summed E-state index contributed by atoms with van der Waals surface area (Å²) in [4.78, 5) is 0. The summed E-state index contributed by atoms with van der Waals surface area (Å²) in [6.07, 6.45) is 5.02. The van der Waals surface area contributed by atoms with Crippen LogP contribution >= 0.6 is 0 Å².